The van der Waals surface area contributed by atoms with Gasteiger partial charge in [0.2, 0.25) is 5.91 Å². The molecule has 0 spiro atoms. The van der Waals surface area contributed by atoms with E-state index in [9.17, 15) is 9.59 Å². The van der Waals surface area contributed by atoms with E-state index in [1.807, 2.05) is 25.1 Å². The number of primary amides is 1. The summed E-state index contributed by atoms with van der Waals surface area (Å²) in [7, 11) is 1.64. The van der Waals surface area contributed by atoms with Crippen LogP contribution in [0.1, 0.15) is 35.1 Å². The Balaban J connectivity index is 1.89. The smallest absolute Gasteiger partial charge is 0.269 e. The molecule has 3 N–H and O–H groups in total. The van der Waals surface area contributed by atoms with Gasteiger partial charge in [0.1, 0.15) is 5.69 Å². The standard InChI is InChI=1S/C17H22N4O2S/c1-3-13-15(16(17(18)23)21(2)20-13)19-14(22)9-10-24-11-12-7-5-4-6-8-12/h4-8H,3,9-11H2,1-2H3,(H2,18,23)(H,19,22). The maximum Gasteiger partial charge on any atom is 0.269 e. The Labute approximate surface area is 145 Å². The molecule has 2 rings (SSSR count). The third-order valence-corrected chi connectivity index (χ3v) is 4.57. The summed E-state index contributed by atoms with van der Waals surface area (Å²) in [6.45, 7) is 1.92. The summed E-state index contributed by atoms with van der Waals surface area (Å²) in [4.78, 5) is 23.7. The van der Waals surface area contributed by atoms with Crippen LogP contribution >= 0.6 is 11.8 Å². The minimum atomic E-state index is -0.599. The molecule has 0 saturated heterocycles. The second-order valence-electron chi connectivity index (χ2n) is 5.35. The molecule has 1 aromatic heterocycles. The summed E-state index contributed by atoms with van der Waals surface area (Å²) in [6.07, 6.45) is 0.979. The fourth-order valence-electron chi connectivity index (χ4n) is 2.37. The number of nitrogens with two attached hydrogens (primary N) is 1. The average Bonchev–Trinajstić information content (AvgIpc) is 2.88. The molecule has 128 valence electrons. The second kappa shape index (κ2) is 8.54. The first kappa shape index (κ1) is 18.1. The highest BCUT2D eigenvalue weighted by Crippen LogP contribution is 2.21. The van der Waals surface area contributed by atoms with Crippen LogP contribution in [0.5, 0.6) is 0 Å². The van der Waals surface area contributed by atoms with E-state index >= 15 is 0 Å². The van der Waals surface area contributed by atoms with Gasteiger partial charge in [-0.1, -0.05) is 37.3 Å². The molecule has 0 radical (unpaired) electrons. The average molecular weight is 346 g/mol. The van der Waals surface area contributed by atoms with E-state index < -0.39 is 5.91 Å². The van der Waals surface area contributed by atoms with E-state index in [4.69, 9.17) is 5.73 Å². The molecule has 0 atom stereocenters. The van der Waals surface area contributed by atoms with Crippen LogP contribution in [-0.4, -0.2) is 27.3 Å². The lowest BCUT2D eigenvalue weighted by Gasteiger charge is -2.07. The fraction of sp³-hybridized carbons (Fsp3) is 0.353. The molecule has 0 aliphatic carbocycles. The van der Waals surface area contributed by atoms with Crippen LogP contribution in [0, 0.1) is 0 Å². The van der Waals surface area contributed by atoms with E-state index in [1.165, 1.54) is 10.2 Å². The molecule has 0 aliphatic heterocycles. The molecule has 6 nitrogen and oxygen atoms in total. The monoisotopic (exact) mass is 346 g/mol. The molecule has 2 amide bonds. The molecular weight excluding hydrogens is 324 g/mol. The van der Waals surface area contributed by atoms with Gasteiger partial charge in [-0.3, -0.25) is 14.3 Å². The maximum absolute atomic E-state index is 12.2. The van der Waals surface area contributed by atoms with Gasteiger partial charge in [0.25, 0.3) is 5.91 Å². The van der Waals surface area contributed by atoms with Crippen molar-refractivity contribution in [3.05, 3.63) is 47.3 Å². The second-order valence-corrected chi connectivity index (χ2v) is 6.45. The summed E-state index contributed by atoms with van der Waals surface area (Å²) in [5.41, 5.74) is 7.96. The minimum Gasteiger partial charge on any atom is -0.364 e. The van der Waals surface area contributed by atoms with Crippen LogP contribution < -0.4 is 11.1 Å². The lowest BCUT2D eigenvalue weighted by atomic mass is 10.2. The van der Waals surface area contributed by atoms with Gasteiger partial charge in [-0.2, -0.15) is 16.9 Å². The number of aromatic nitrogens is 2. The highest BCUT2D eigenvalue weighted by molar-refractivity contribution is 7.98. The number of carbonyl (C=O) groups excluding carboxylic acids is 2. The number of thioether (sulfide) groups is 1. The Bertz CT molecular complexity index is 713. The molecule has 0 unspecified atom stereocenters. The van der Waals surface area contributed by atoms with Crippen LogP contribution in [-0.2, 0) is 24.0 Å². The molecule has 24 heavy (non-hydrogen) atoms. The summed E-state index contributed by atoms with van der Waals surface area (Å²) >= 11 is 1.70. The van der Waals surface area contributed by atoms with Crippen LogP contribution in [0.2, 0.25) is 0 Å². The van der Waals surface area contributed by atoms with Crippen molar-refractivity contribution in [3.8, 4) is 0 Å². The zero-order valence-electron chi connectivity index (χ0n) is 13.9. The number of nitrogens with zero attached hydrogens (tertiary/aromatic N) is 2. The Kier molecular flexibility index (Phi) is 6.43. The summed E-state index contributed by atoms with van der Waals surface area (Å²) in [5, 5.41) is 7.03. The third-order valence-electron chi connectivity index (χ3n) is 3.54. The highest BCUT2D eigenvalue weighted by atomic mass is 32.2. The van der Waals surface area contributed by atoms with Gasteiger partial charge in [-0.25, -0.2) is 0 Å². The topological polar surface area (TPSA) is 90.0 Å². The van der Waals surface area contributed by atoms with Crippen molar-refractivity contribution >= 4 is 29.3 Å². The first-order valence-corrected chi connectivity index (χ1v) is 8.95. The van der Waals surface area contributed by atoms with Crippen molar-refractivity contribution in [1.82, 2.24) is 9.78 Å². The molecule has 7 heteroatoms. The minimum absolute atomic E-state index is 0.138. The predicted molar refractivity (Wildman–Crippen MR) is 97.0 cm³/mol. The Hall–Kier alpha value is -2.28. The molecular formula is C17H22N4O2S. The van der Waals surface area contributed by atoms with Gasteiger partial charge in [0.15, 0.2) is 0 Å². The molecule has 2 aromatic rings. The number of nitrogens with one attached hydrogen (secondary N) is 1. The first-order chi connectivity index (χ1) is 11.5. The zero-order valence-corrected chi connectivity index (χ0v) is 14.7. The molecule has 0 fully saturated rings. The number of amides is 2. The Morgan fingerprint density at radius 3 is 2.62 bits per heavy atom. The zero-order chi connectivity index (χ0) is 17.5. The predicted octanol–water partition coefficient (Wildman–Crippen LogP) is 2.34. The molecule has 0 bridgehead atoms. The number of carbonyl (C=O) groups is 2. The van der Waals surface area contributed by atoms with E-state index in [-0.39, 0.29) is 11.6 Å². The summed E-state index contributed by atoms with van der Waals surface area (Å²) < 4.78 is 1.42. The largest absolute Gasteiger partial charge is 0.364 e. The maximum atomic E-state index is 12.2. The van der Waals surface area contributed by atoms with Crippen LogP contribution in [0.3, 0.4) is 0 Å². The molecule has 1 heterocycles. The summed E-state index contributed by atoms with van der Waals surface area (Å²) in [5.74, 6) is 0.835. The van der Waals surface area contributed by atoms with Crippen molar-refractivity contribution in [3.63, 3.8) is 0 Å². The Morgan fingerprint density at radius 2 is 2.00 bits per heavy atom. The van der Waals surface area contributed by atoms with Crippen molar-refractivity contribution in [2.24, 2.45) is 12.8 Å². The highest BCUT2D eigenvalue weighted by Gasteiger charge is 2.20. The Morgan fingerprint density at radius 1 is 1.29 bits per heavy atom. The van der Waals surface area contributed by atoms with E-state index in [2.05, 4.69) is 22.5 Å². The number of hydrogen-bond acceptors (Lipinski definition) is 4. The SMILES string of the molecule is CCc1nn(C)c(C(N)=O)c1NC(=O)CCSCc1ccccc1. The molecule has 0 aliphatic rings. The molecule has 1 aromatic carbocycles. The van der Waals surface area contributed by atoms with Crippen molar-refractivity contribution < 1.29 is 9.59 Å². The normalized spacial score (nSPS) is 10.6. The number of benzene rings is 1. The van der Waals surface area contributed by atoms with Gasteiger partial charge in [0.05, 0.1) is 11.4 Å². The van der Waals surface area contributed by atoms with Crippen LogP contribution in [0.25, 0.3) is 0 Å². The van der Waals surface area contributed by atoms with Crippen molar-refractivity contribution in [2.75, 3.05) is 11.1 Å². The van der Waals surface area contributed by atoms with Gasteiger partial charge < -0.3 is 11.1 Å². The fourth-order valence-corrected chi connectivity index (χ4v) is 3.27. The van der Waals surface area contributed by atoms with Crippen molar-refractivity contribution in [2.45, 2.75) is 25.5 Å². The lowest BCUT2D eigenvalue weighted by Crippen LogP contribution is -2.20. The van der Waals surface area contributed by atoms with Gasteiger partial charge in [-0.05, 0) is 12.0 Å². The molecule has 0 saturated carbocycles. The van der Waals surface area contributed by atoms with Gasteiger partial charge in [0, 0.05) is 25.0 Å². The van der Waals surface area contributed by atoms with Crippen molar-refractivity contribution in [1.29, 1.82) is 0 Å². The number of hydrogen-bond donors (Lipinski definition) is 2. The third kappa shape index (κ3) is 4.61. The number of anilines is 1. The van der Waals surface area contributed by atoms with E-state index in [0.717, 1.165) is 5.75 Å². The van der Waals surface area contributed by atoms with Crippen LogP contribution in [0.15, 0.2) is 30.3 Å². The first-order valence-electron chi connectivity index (χ1n) is 7.80. The van der Waals surface area contributed by atoms with Crippen LogP contribution in [0.4, 0.5) is 5.69 Å². The van der Waals surface area contributed by atoms with E-state index in [1.54, 1.807) is 18.8 Å². The number of rotatable bonds is 8. The number of aryl methyl sites for hydroxylation is 2. The van der Waals surface area contributed by atoms with Gasteiger partial charge >= 0.3 is 0 Å². The quantitative estimate of drug-likeness (QED) is 0.718. The van der Waals surface area contributed by atoms with Gasteiger partial charge in [-0.15, -0.1) is 0 Å². The summed E-state index contributed by atoms with van der Waals surface area (Å²) in [6, 6.07) is 10.1. The van der Waals surface area contributed by atoms with E-state index in [0.29, 0.717) is 30.0 Å². The lowest BCUT2D eigenvalue weighted by molar-refractivity contribution is -0.115.